The van der Waals surface area contributed by atoms with E-state index in [2.05, 4.69) is 9.71 Å². The maximum atomic E-state index is 11.9. The molecule has 2 aromatic rings. The zero-order chi connectivity index (χ0) is 13.2. The molecule has 2 rings (SSSR count). The van der Waals surface area contributed by atoms with E-state index in [1.165, 1.54) is 6.07 Å². The highest BCUT2D eigenvalue weighted by molar-refractivity contribution is 7.92. The minimum atomic E-state index is -3.71. The van der Waals surface area contributed by atoms with Crippen molar-refractivity contribution >= 4 is 27.3 Å². The normalized spacial score (nSPS) is 11.2. The monoisotopic (exact) mass is 284 g/mol. The van der Waals surface area contributed by atoms with Crippen molar-refractivity contribution in [3.05, 3.63) is 58.0 Å². The van der Waals surface area contributed by atoms with Crippen LogP contribution in [-0.2, 0) is 10.0 Å². The van der Waals surface area contributed by atoms with Crippen LogP contribution >= 0.6 is 11.6 Å². The average molecular weight is 285 g/mol. The maximum Gasteiger partial charge on any atom is 0.263 e. The summed E-state index contributed by atoms with van der Waals surface area (Å²) in [6.07, 6.45) is 1.14. The van der Waals surface area contributed by atoms with Gasteiger partial charge in [-0.1, -0.05) is 11.6 Å². The summed E-state index contributed by atoms with van der Waals surface area (Å²) in [6.45, 7) is 0. The molecule has 0 aliphatic rings. The second-order valence-electron chi connectivity index (χ2n) is 3.50. The Kier molecular flexibility index (Phi) is 3.40. The minimum absolute atomic E-state index is 0.0166. The van der Waals surface area contributed by atoms with Crippen molar-refractivity contribution in [2.75, 3.05) is 4.72 Å². The van der Waals surface area contributed by atoms with E-state index in [9.17, 15) is 13.2 Å². The van der Waals surface area contributed by atoms with Crippen LogP contribution < -0.4 is 10.3 Å². The van der Waals surface area contributed by atoms with Gasteiger partial charge < -0.3 is 4.98 Å². The Balaban J connectivity index is 2.29. The van der Waals surface area contributed by atoms with E-state index in [1.807, 2.05) is 0 Å². The first-order valence-corrected chi connectivity index (χ1v) is 6.81. The van der Waals surface area contributed by atoms with Gasteiger partial charge in [-0.25, -0.2) is 8.42 Å². The predicted molar refractivity (Wildman–Crippen MR) is 69.3 cm³/mol. The van der Waals surface area contributed by atoms with Crippen LogP contribution in [0.5, 0.6) is 0 Å². The summed E-state index contributed by atoms with van der Waals surface area (Å²) >= 11 is 5.70. The van der Waals surface area contributed by atoms with E-state index < -0.39 is 10.0 Å². The zero-order valence-electron chi connectivity index (χ0n) is 9.05. The smallest absolute Gasteiger partial charge is 0.263 e. The Bertz CT molecular complexity index is 687. The Hall–Kier alpha value is -1.79. The predicted octanol–water partition coefficient (Wildman–Crippen LogP) is 1.83. The topological polar surface area (TPSA) is 79.0 Å². The standard InChI is InChI=1S/C11H9ClN2O3S/c12-8-1-3-9(4-2-8)14-18(16,17)10-5-6-11(15)13-7-10/h1-7,14H,(H,13,15). The summed E-state index contributed by atoms with van der Waals surface area (Å²) in [5.41, 5.74) is 0.0334. The highest BCUT2D eigenvalue weighted by atomic mass is 35.5. The lowest BCUT2D eigenvalue weighted by atomic mass is 10.3. The largest absolute Gasteiger partial charge is 0.328 e. The van der Waals surface area contributed by atoms with Gasteiger partial charge >= 0.3 is 0 Å². The molecule has 0 aliphatic carbocycles. The van der Waals surface area contributed by atoms with Crippen molar-refractivity contribution in [2.24, 2.45) is 0 Å². The Morgan fingerprint density at radius 1 is 1.06 bits per heavy atom. The third kappa shape index (κ3) is 2.91. The van der Waals surface area contributed by atoms with Crippen LogP contribution in [0.3, 0.4) is 0 Å². The van der Waals surface area contributed by atoms with E-state index in [0.717, 1.165) is 12.3 Å². The first kappa shape index (κ1) is 12.7. The van der Waals surface area contributed by atoms with Crippen molar-refractivity contribution in [1.29, 1.82) is 0 Å². The minimum Gasteiger partial charge on any atom is -0.328 e. The summed E-state index contributed by atoms with van der Waals surface area (Å²) in [5.74, 6) is 0. The molecule has 0 saturated heterocycles. The fraction of sp³-hybridized carbons (Fsp3) is 0. The van der Waals surface area contributed by atoms with Crippen molar-refractivity contribution in [3.8, 4) is 0 Å². The van der Waals surface area contributed by atoms with Crippen LogP contribution in [0.4, 0.5) is 5.69 Å². The quantitative estimate of drug-likeness (QED) is 0.902. The number of hydrogen-bond acceptors (Lipinski definition) is 3. The van der Waals surface area contributed by atoms with E-state index >= 15 is 0 Å². The van der Waals surface area contributed by atoms with Gasteiger partial charge in [-0.3, -0.25) is 9.52 Å². The third-order valence-electron chi connectivity index (χ3n) is 2.16. The van der Waals surface area contributed by atoms with Gasteiger partial charge in [0.25, 0.3) is 10.0 Å². The van der Waals surface area contributed by atoms with Crippen LogP contribution in [0.1, 0.15) is 0 Å². The summed E-state index contributed by atoms with van der Waals surface area (Å²) in [6, 6.07) is 8.63. The van der Waals surface area contributed by atoms with Gasteiger partial charge in [0.2, 0.25) is 5.56 Å². The molecule has 0 radical (unpaired) electrons. The SMILES string of the molecule is O=c1ccc(S(=O)(=O)Nc2ccc(Cl)cc2)c[nH]1. The number of pyridine rings is 1. The number of H-pyrrole nitrogens is 1. The van der Waals surface area contributed by atoms with Crippen molar-refractivity contribution in [1.82, 2.24) is 4.98 Å². The van der Waals surface area contributed by atoms with E-state index in [4.69, 9.17) is 11.6 Å². The molecule has 2 N–H and O–H groups in total. The number of halogens is 1. The molecule has 0 unspecified atom stereocenters. The van der Waals surface area contributed by atoms with Crippen LogP contribution in [0, 0.1) is 0 Å². The maximum absolute atomic E-state index is 11.9. The molecule has 7 heteroatoms. The second-order valence-corrected chi connectivity index (χ2v) is 5.62. The molecule has 1 heterocycles. The number of nitrogens with one attached hydrogen (secondary N) is 2. The molecule has 18 heavy (non-hydrogen) atoms. The van der Waals surface area contributed by atoms with Crippen LogP contribution in [0.15, 0.2) is 52.3 Å². The zero-order valence-corrected chi connectivity index (χ0v) is 10.6. The number of benzene rings is 1. The van der Waals surface area contributed by atoms with Gasteiger partial charge in [-0.05, 0) is 30.3 Å². The fourth-order valence-corrected chi connectivity index (χ4v) is 2.45. The van der Waals surface area contributed by atoms with Crippen molar-refractivity contribution in [3.63, 3.8) is 0 Å². The van der Waals surface area contributed by atoms with E-state index in [-0.39, 0.29) is 10.5 Å². The first-order chi connectivity index (χ1) is 8.47. The lowest BCUT2D eigenvalue weighted by molar-refractivity contribution is 0.600. The number of aromatic amines is 1. The lowest BCUT2D eigenvalue weighted by Crippen LogP contribution is -2.15. The molecule has 0 atom stereocenters. The molecule has 0 spiro atoms. The Labute approximate surface area is 108 Å². The third-order valence-corrected chi connectivity index (χ3v) is 3.79. The lowest BCUT2D eigenvalue weighted by Gasteiger charge is -2.07. The molecule has 0 aliphatic heterocycles. The van der Waals surface area contributed by atoms with Gasteiger partial charge in [-0.15, -0.1) is 0 Å². The van der Waals surface area contributed by atoms with Gasteiger partial charge in [0.05, 0.1) is 0 Å². The molecule has 0 fully saturated rings. The molecule has 0 saturated carbocycles. The molecule has 0 bridgehead atoms. The average Bonchev–Trinajstić information content (AvgIpc) is 2.32. The molecular weight excluding hydrogens is 276 g/mol. The number of hydrogen-bond donors (Lipinski definition) is 2. The molecule has 1 aromatic carbocycles. The van der Waals surface area contributed by atoms with E-state index in [0.29, 0.717) is 10.7 Å². The molecule has 0 amide bonds. The Morgan fingerprint density at radius 2 is 1.72 bits per heavy atom. The summed E-state index contributed by atoms with van der Waals surface area (Å²) < 4.78 is 26.2. The number of aromatic nitrogens is 1. The molecule has 5 nitrogen and oxygen atoms in total. The molecule has 1 aromatic heterocycles. The first-order valence-electron chi connectivity index (χ1n) is 4.94. The van der Waals surface area contributed by atoms with Crippen molar-refractivity contribution in [2.45, 2.75) is 4.90 Å². The van der Waals surface area contributed by atoms with Gasteiger partial charge in [0, 0.05) is 23.0 Å². The summed E-state index contributed by atoms with van der Waals surface area (Å²) in [7, 11) is -3.71. The second kappa shape index (κ2) is 4.83. The number of sulfonamides is 1. The van der Waals surface area contributed by atoms with Gasteiger partial charge in [-0.2, -0.15) is 0 Å². The van der Waals surface area contributed by atoms with Gasteiger partial charge in [0.15, 0.2) is 0 Å². The number of anilines is 1. The molecule has 94 valence electrons. The van der Waals surface area contributed by atoms with Gasteiger partial charge in [0.1, 0.15) is 4.90 Å². The van der Waals surface area contributed by atoms with E-state index in [1.54, 1.807) is 24.3 Å². The molecular formula is C11H9ClN2O3S. The summed E-state index contributed by atoms with van der Waals surface area (Å²) in [5, 5.41) is 0.516. The summed E-state index contributed by atoms with van der Waals surface area (Å²) in [4.78, 5) is 13.1. The van der Waals surface area contributed by atoms with Crippen molar-refractivity contribution < 1.29 is 8.42 Å². The highest BCUT2D eigenvalue weighted by Gasteiger charge is 2.13. The fourth-order valence-electron chi connectivity index (χ4n) is 1.30. The van der Waals surface area contributed by atoms with Crippen LogP contribution in [0.2, 0.25) is 5.02 Å². The number of rotatable bonds is 3. The highest BCUT2D eigenvalue weighted by Crippen LogP contribution is 2.17. The Morgan fingerprint density at radius 3 is 2.28 bits per heavy atom. The van der Waals surface area contributed by atoms with Crippen LogP contribution in [-0.4, -0.2) is 13.4 Å². The van der Waals surface area contributed by atoms with Crippen LogP contribution in [0.25, 0.3) is 0 Å².